The Hall–Kier alpha value is -2.94. The SMILES string of the molecule is COCCn1cc(/C(CC(c2ccc(S(C)(=O)=O)cc2)c2ccc(Cl)cc2C)=N/O)ccc1=O. The van der Waals surface area contributed by atoms with Gasteiger partial charge in [0.25, 0.3) is 5.56 Å². The fourth-order valence-corrected chi connectivity index (χ4v) is 4.72. The predicted octanol–water partition coefficient (Wildman–Crippen LogP) is 4.26. The van der Waals surface area contributed by atoms with E-state index in [9.17, 15) is 18.4 Å². The van der Waals surface area contributed by atoms with Gasteiger partial charge >= 0.3 is 0 Å². The van der Waals surface area contributed by atoms with Gasteiger partial charge in [0.1, 0.15) is 0 Å². The number of ether oxygens (including phenoxy) is 1. The molecule has 34 heavy (non-hydrogen) atoms. The Kier molecular flexibility index (Phi) is 8.30. The molecule has 180 valence electrons. The molecule has 3 rings (SSSR count). The van der Waals surface area contributed by atoms with Gasteiger partial charge in [-0.3, -0.25) is 4.79 Å². The van der Waals surface area contributed by atoms with E-state index in [1.807, 2.05) is 19.1 Å². The lowest BCUT2D eigenvalue weighted by atomic mass is 9.83. The lowest BCUT2D eigenvalue weighted by Crippen LogP contribution is -2.23. The Balaban J connectivity index is 2.05. The van der Waals surface area contributed by atoms with Gasteiger partial charge in [0.2, 0.25) is 0 Å². The Labute approximate surface area is 204 Å². The second-order valence-corrected chi connectivity index (χ2v) is 10.5. The van der Waals surface area contributed by atoms with Crippen molar-refractivity contribution in [2.45, 2.75) is 30.7 Å². The number of sulfone groups is 1. The number of halogens is 1. The van der Waals surface area contributed by atoms with E-state index in [0.717, 1.165) is 22.9 Å². The molecule has 9 heteroatoms. The molecule has 0 bridgehead atoms. The van der Waals surface area contributed by atoms with Crippen LogP contribution in [0, 0.1) is 6.92 Å². The molecular weight excluding hydrogens is 476 g/mol. The number of benzene rings is 2. The summed E-state index contributed by atoms with van der Waals surface area (Å²) in [6.07, 6.45) is 3.12. The number of hydrogen-bond donors (Lipinski definition) is 1. The van der Waals surface area contributed by atoms with Crippen LogP contribution in [-0.2, 0) is 21.1 Å². The Morgan fingerprint density at radius 3 is 2.44 bits per heavy atom. The van der Waals surface area contributed by atoms with Gasteiger partial charge in [0.15, 0.2) is 9.84 Å². The first-order valence-electron chi connectivity index (χ1n) is 10.6. The van der Waals surface area contributed by atoms with Gasteiger partial charge in [0.05, 0.1) is 17.2 Å². The van der Waals surface area contributed by atoms with E-state index in [-0.39, 0.29) is 16.4 Å². The second kappa shape index (κ2) is 11.0. The molecular formula is C25H27ClN2O5S. The zero-order chi connectivity index (χ0) is 24.9. The van der Waals surface area contributed by atoms with Gasteiger partial charge in [-0.1, -0.05) is 35.0 Å². The first kappa shape index (κ1) is 25.7. The van der Waals surface area contributed by atoms with Gasteiger partial charge in [-0.05, 0) is 53.9 Å². The van der Waals surface area contributed by atoms with Crippen LogP contribution in [0.2, 0.25) is 5.02 Å². The molecule has 2 aromatic carbocycles. The third kappa shape index (κ3) is 6.14. The Morgan fingerprint density at radius 2 is 1.85 bits per heavy atom. The maximum Gasteiger partial charge on any atom is 0.250 e. The number of aromatic nitrogens is 1. The van der Waals surface area contributed by atoms with Crippen molar-refractivity contribution in [3.63, 3.8) is 0 Å². The Morgan fingerprint density at radius 1 is 1.15 bits per heavy atom. The van der Waals surface area contributed by atoms with E-state index >= 15 is 0 Å². The molecule has 1 N–H and O–H groups in total. The van der Waals surface area contributed by atoms with Gasteiger partial charge < -0.3 is 14.5 Å². The average molecular weight is 503 g/mol. The quantitative estimate of drug-likeness (QED) is 0.268. The molecule has 0 radical (unpaired) electrons. The van der Waals surface area contributed by atoms with Crippen molar-refractivity contribution in [3.05, 3.63) is 98.4 Å². The van der Waals surface area contributed by atoms with E-state index in [1.165, 1.54) is 10.6 Å². The summed E-state index contributed by atoms with van der Waals surface area (Å²) in [5.74, 6) is -0.254. The third-order valence-corrected chi connectivity index (χ3v) is 7.05. The molecule has 0 spiro atoms. The summed E-state index contributed by atoms with van der Waals surface area (Å²) in [4.78, 5) is 12.4. The molecule has 1 heterocycles. The van der Waals surface area contributed by atoms with E-state index in [2.05, 4.69) is 5.16 Å². The zero-order valence-corrected chi connectivity index (χ0v) is 20.8. The van der Waals surface area contributed by atoms with Gasteiger partial charge in [-0.2, -0.15) is 0 Å². The lowest BCUT2D eigenvalue weighted by molar-refractivity contribution is 0.186. The van der Waals surface area contributed by atoms with Crippen LogP contribution in [0.1, 0.15) is 34.6 Å². The standard InChI is InChI=1S/C25H27ClN2O5S/c1-17-14-20(26)7-10-22(17)23(18-4-8-21(9-5-18)34(3,31)32)15-24(27-30)19-6-11-25(29)28(16-19)12-13-33-2/h4-11,14,16,23,30H,12-13,15H2,1-3H3/b27-24+. The summed E-state index contributed by atoms with van der Waals surface area (Å²) < 4.78 is 30.4. The summed E-state index contributed by atoms with van der Waals surface area (Å²) in [6, 6.07) is 15.3. The maximum absolute atomic E-state index is 12.2. The Bertz CT molecular complexity index is 1350. The predicted molar refractivity (Wildman–Crippen MR) is 133 cm³/mol. The number of oxime groups is 1. The van der Waals surface area contributed by atoms with E-state index in [0.29, 0.717) is 35.9 Å². The highest BCUT2D eigenvalue weighted by molar-refractivity contribution is 7.90. The number of aryl methyl sites for hydroxylation is 1. The molecule has 1 atom stereocenters. The normalized spacial score (nSPS) is 13.1. The summed E-state index contributed by atoms with van der Waals surface area (Å²) in [7, 11) is -1.78. The summed E-state index contributed by atoms with van der Waals surface area (Å²) in [5.41, 5.74) is 3.57. The fraction of sp³-hybridized carbons (Fsp3) is 0.280. The molecule has 7 nitrogen and oxygen atoms in total. The molecule has 1 unspecified atom stereocenters. The highest BCUT2D eigenvalue weighted by atomic mass is 35.5. The number of methoxy groups -OCH3 is 1. The van der Waals surface area contributed by atoms with Crippen LogP contribution in [0.15, 0.2) is 75.6 Å². The monoisotopic (exact) mass is 502 g/mol. The first-order valence-corrected chi connectivity index (χ1v) is 12.9. The van der Waals surface area contributed by atoms with Crippen LogP contribution >= 0.6 is 11.6 Å². The molecule has 0 aliphatic carbocycles. The van der Waals surface area contributed by atoms with Gasteiger partial charge in [-0.25, -0.2) is 8.42 Å². The summed E-state index contributed by atoms with van der Waals surface area (Å²) >= 11 is 6.17. The van der Waals surface area contributed by atoms with Crippen molar-refractivity contribution < 1.29 is 18.4 Å². The fourth-order valence-electron chi connectivity index (χ4n) is 3.86. The molecule has 0 aliphatic rings. The lowest BCUT2D eigenvalue weighted by Gasteiger charge is -2.21. The summed E-state index contributed by atoms with van der Waals surface area (Å²) in [6.45, 7) is 2.68. The minimum atomic E-state index is -3.33. The van der Waals surface area contributed by atoms with Crippen LogP contribution in [0.4, 0.5) is 0 Å². The van der Waals surface area contributed by atoms with Crippen LogP contribution in [0.3, 0.4) is 0 Å². The molecule has 0 saturated carbocycles. The molecule has 0 amide bonds. The number of rotatable bonds is 9. The minimum Gasteiger partial charge on any atom is -0.411 e. The second-order valence-electron chi connectivity index (χ2n) is 8.09. The largest absolute Gasteiger partial charge is 0.411 e. The van der Waals surface area contributed by atoms with Crippen LogP contribution in [0.5, 0.6) is 0 Å². The first-order chi connectivity index (χ1) is 16.1. The third-order valence-electron chi connectivity index (χ3n) is 5.69. The van der Waals surface area contributed by atoms with Crippen molar-refractivity contribution in [1.82, 2.24) is 4.57 Å². The van der Waals surface area contributed by atoms with Crippen LogP contribution < -0.4 is 5.56 Å². The van der Waals surface area contributed by atoms with Crippen molar-refractivity contribution in [2.24, 2.45) is 5.16 Å². The summed E-state index contributed by atoms with van der Waals surface area (Å²) in [5, 5.41) is 14.1. The van der Waals surface area contributed by atoms with Gasteiger partial charge in [0, 0.05) is 55.1 Å². The number of nitrogens with zero attached hydrogens (tertiary/aromatic N) is 2. The highest BCUT2D eigenvalue weighted by Crippen LogP contribution is 2.33. The van der Waals surface area contributed by atoms with Crippen molar-refractivity contribution in [3.8, 4) is 0 Å². The minimum absolute atomic E-state index is 0.181. The number of pyridine rings is 1. The average Bonchev–Trinajstić information content (AvgIpc) is 2.80. The molecule has 0 aliphatic heterocycles. The maximum atomic E-state index is 12.2. The van der Waals surface area contributed by atoms with Crippen molar-refractivity contribution in [2.75, 3.05) is 20.0 Å². The molecule has 3 aromatic rings. The van der Waals surface area contributed by atoms with E-state index in [1.54, 1.807) is 49.7 Å². The van der Waals surface area contributed by atoms with Crippen LogP contribution in [0.25, 0.3) is 0 Å². The van der Waals surface area contributed by atoms with Crippen molar-refractivity contribution in [1.29, 1.82) is 0 Å². The topological polar surface area (TPSA) is 98.0 Å². The molecule has 0 fully saturated rings. The molecule has 0 saturated heterocycles. The highest BCUT2D eigenvalue weighted by Gasteiger charge is 2.22. The van der Waals surface area contributed by atoms with E-state index in [4.69, 9.17) is 16.3 Å². The van der Waals surface area contributed by atoms with Crippen molar-refractivity contribution >= 4 is 27.1 Å². The van der Waals surface area contributed by atoms with Gasteiger partial charge in [-0.15, -0.1) is 0 Å². The zero-order valence-electron chi connectivity index (χ0n) is 19.2. The number of hydrogen-bond acceptors (Lipinski definition) is 6. The van der Waals surface area contributed by atoms with E-state index < -0.39 is 9.84 Å². The molecule has 1 aromatic heterocycles. The smallest absolute Gasteiger partial charge is 0.250 e. The van der Waals surface area contributed by atoms with Crippen LogP contribution in [-0.4, -0.2) is 43.9 Å².